The molecule has 0 fully saturated rings. The van der Waals surface area contributed by atoms with Gasteiger partial charge in [0.05, 0.1) is 0 Å². The Labute approximate surface area is 110 Å². The van der Waals surface area contributed by atoms with Gasteiger partial charge in [-0.1, -0.05) is 17.7 Å². The molecule has 2 aromatic rings. The minimum absolute atomic E-state index is 0.235. The van der Waals surface area contributed by atoms with Gasteiger partial charge < -0.3 is 5.32 Å². The summed E-state index contributed by atoms with van der Waals surface area (Å²) < 4.78 is 0. The summed E-state index contributed by atoms with van der Waals surface area (Å²) in [7, 11) is 0. The van der Waals surface area contributed by atoms with Crippen molar-refractivity contribution in [2.45, 2.75) is 13.8 Å². The van der Waals surface area contributed by atoms with E-state index >= 15 is 0 Å². The summed E-state index contributed by atoms with van der Waals surface area (Å²) in [6.07, 6.45) is 0. The van der Waals surface area contributed by atoms with E-state index in [9.17, 15) is 4.79 Å². The van der Waals surface area contributed by atoms with Crippen molar-refractivity contribution in [2.24, 2.45) is 0 Å². The van der Waals surface area contributed by atoms with Gasteiger partial charge in [0.1, 0.15) is 0 Å². The predicted octanol–water partition coefficient (Wildman–Crippen LogP) is 3.00. The summed E-state index contributed by atoms with van der Waals surface area (Å²) in [6.45, 7) is 3.95. The fourth-order valence-corrected chi connectivity index (χ4v) is 1.78. The van der Waals surface area contributed by atoms with E-state index in [-0.39, 0.29) is 16.8 Å². The van der Waals surface area contributed by atoms with Crippen molar-refractivity contribution in [1.82, 2.24) is 10.2 Å². The number of rotatable bonds is 2. The van der Waals surface area contributed by atoms with E-state index in [0.717, 1.165) is 16.8 Å². The number of nitrogens with one attached hydrogen (secondary N) is 1. The number of anilines is 1. The average Bonchev–Trinajstić information content (AvgIpc) is 2.28. The number of aryl methyl sites for hydroxylation is 2. The standard InChI is InChI=1S/C13H12ClN3O/c1-8-5-9(2)7-10(6-8)15-13(18)11-3-4-12(14)17-16-11/h3-7H,1-2H3,(H,15,18). The molecule has 0 spiro atoms. The molecule has 1 aromatic heterocycles. The zero-order chi connectivity index (χ0) is 13.1. The SMILES string of the molecule is Cc1cc(C)cc(NC(=O)c2ccc(Cl)nn2)c1. The highest BCUT2D eigenvalue weighted by Gasteiger charge is 2.08. The van der Waals surface area contributed by atoms with Crippen LogP contribution in [0.4, 0.5) is 5.69 Å². The fourth-order valence-electron chi connectivity index (χ4n) is 1.68. The number of hydrogen-bond donors (Lipinski definition) is 1. The number of amides is 1. The van der Waals surface area contributed by atoms with Crippen LogP contribution >= 0.6 is 11.6 Å². The third kappa shape index (κ3) is 3.05. The van der Waals surface area contributed by atoms with E-state index in [2.05, 4.69) is 15.5 Å². The molecule has 1 aromatic carbocycles. The molecule has 18 heavy (non-hydrogen) atoms. The Balaban J connectivity index is 2.18. The van der Waals surface area contributed by atoms with E-state index < -0.39 is 0 Å². The van der Waals surface area contributed by atoms with E-state index in [0.29, 0.717) is 0 Å². The van der Waals surface area contributed by atoms with E-state index in [1.165, 1.54) is 12.1 Å². The Bertz CT molecular complexity index is 561. The Hall–Kier alpha value is -1.94. The summed E-state index contributed by atoms with van der Waals surface area (Å²) in [5.41, 5.74) is 3.16. The largest absolute Gasteiger partial charge is 0.321 e. The first-order valence-electron chi connectivity index (χ1n) is 5.43. The van der Waals surface area contributed by atoms with Crippen molar-refractivity contribution in [3.05, 3.63) is 52.3 Å². The van der Waals surface area contributed by atoms with Crippen LogP contribution in [-0.2, 0) is 0 Å². The number of benzene rings is 1. The Morgan fingerprint density at radius 1 is 1.11 bits per heavy atom. The van der Waals surface area contributed by atoms with Gasteiger partial charge in [-0.15, -0.1) is 10.2 Å². The molecule has 0 saturated heterocycles. The van der Waals surface area contributed by atoms with E-state index in [1.54, 1.807) is 0 Å². The van der Waals surface area contributed by atoms with E-state index in [4.69, 9.17) is 11.6 Å². The molecule has 5 heteroatoms. The number of halogens is 1. The first-order valence-corrected chi connectivity index (χ1v) is 5.81. The first kappa shape index (κ1) is 12.5. The molecule has 1 amide bonds. The first-order chi connectivity index (χ1) is 8.54. The topological polar surface area (TPSA) is 54.9 Å². The third-order valence-corrected chi connectivity index (χ3v) is 2.55. The van der Waals surface area contributed by atoms with Crippen LogP contribution < -0.4 is 5.32 Å². The molecule has 0 aliphatic rings. The summed E-state index contributed by atoms with van der Waals surface area (Å²) in [5, 5.41) is 10.4. The Morgan fingerprint density at radius 2 is 1.78 bits per heavy atom. The van der Waals surface area contributed by atoms with Gasteiger partial charge in [0, 0.05) is 5.69 Å². The molecule has 0 aliphatic carbocycles. The van der Waals surface area contributed by atoms with Crippen LogP contribution in [0.25, 0.3) is 0 Å². The van der Waals surface area contributed by atoms with Gasteiger partial charge >= 0.3 is 0 Å². The van der Waals surface area contributed by atoms with Crippen LogP contribution in [0.15, 0.2) is 30.3 Å². The quantitative estimate of drug-likeness (QED) is 0.904. The van der Waals surface area contributed by atoms with Crippen LogP contribution in [0, 0.1) is 13.8 Å². The van der Waals surface area contributed by atoms with Crippen LogP contribution in [0.2, 0.25) is 5.15 Å². The smallest absolute Gasteiger partial charge is 0.276 e. The van der Waals surface area contributed by atoms with Crippen molar-refractivity contribution < 1.29 is 4.79 Å². The second-order valence-corrected chi connectivity index (χ2v) is 4.46. The fraction of sp³-hybridized carbons (Fsp3) is 0.154. The number of carbonyl (C=O) groups is 1. The van der Waals surface area contributed by atoms with Crippen LogP contribution in [-0.4, -0.2) is 16.1 Å². The lowest BCUT2D eigenvalue weighted by atomic mass is 10.1. The number of hydrogen-bond acceptors (Lipinski definition) is 3. The highest BCUT2D eigenvalue weighted by atomic mass is 35.5. The lowest BCUT2D eigenvalue weighted by Gasteiger charge is -2.06. The third-order valence-electron chi connectivity index (χ3n) is 2.34. The lowest BCUT2D eigenvalue weighted by Crippen LogP contribution is -2.14. The maximum absolute atomic E-state index is 11.9. The zero-order valence-electron chi connectivity index (χ0n) is 10.1. The summed E-state index contributed by atoms with van der Waals surface area (Å²) in [4.78, 5) is 11.9. The average molecular weight is 262 g/mol. The van der Waals surface area contributed by atoms with Crippen molar-refractivity contribution in [3.63, 3.8) is 0 Å². The summed E-state index contributed by atoms with van der Waals surface area (Å²) in [5.74, 6) is -0.302. The van der Waals surface area contributed by atoms with Crippen LogP contribution in [0.3, 0.4) is 0 Å². The molecule has 92 valence electrons. The molecule has 0 atom stereocenters. The molecule has 0 aliphatic heterocycles. The summed E-state index contributed by atoms with van der Waals surface area (Å²) >= 11 is 5.61. The highest BCUT2D eigenvalue weighted by Crippen LogP contribution is 2.14. The van der Waals surface area contributed by atoms with Crippen molar-refractivity contribution in [1.29, 1.82) is 0 Å². The molecular weight excluding hydrogens is 250 g/mol. The predicted molar refractivity (Wildman–Crippen MR) is 70.9 cm³/mol. The second kappa shape index (κ2) is 5.14. The van der Waals surface area contributed by atoms with Gasteiger partial charge in [0.2, 0.25) is 0 Å². The molecule has 0 radical (unpaired) electrons. The minimum atomic E-state index is -0.302. The maximum atomic E-state index is 11.9. The Morgan fingerprint density at radius 3 is 2.33 bits per heavy atom. The maximum Gasteiger partial charge on any atom is 0.276 e. The number of carbonyl (C=O) groups excluding carboxylic acids is 1. The van der Waals surface area contributed by atoms with Gasteiger partial charge in [0.25, 0.3) is 5.91 Å². The van der Waals surface area contributed by atoms with Gasteiger partial charge in [-0.3, -0.25) is 4.79 Å². The van der Waals surface area contributed by atoms with Gasteiger partial charge in [-0.05, 0) is 49.2 Å². The second-order valence-electron chi connectivity index (χ2n) is 4.07. The molecule has 1 N–H and O–H groups in total. The molecule has 0 unspecified atom stereocenters. The van der Waals surface area contributed by atoms with Gasteiger partial charge in [-0.2, -0.15) is 0 Å². The monoisotopic (exact) mass is 261 g/mol. The van der Waals surface area contributed by atoms with Gasteiger partial charge in [0.15, 0.2) is 10.8 Å². The molecular formula is C13H12ClN3O. The van der Waals surface area contributed by atoms with Crippen molar-refractivity contribution >= 4 is 23.2 Å². The molecule has 1 heterocycles. The zero-order valence-corrected chi connectivity index (χ0v) is 10.8. The Kier molecular flexibility index (Phi) is 3.58. The van der Waals surface area contributed by atoms with E-state index in [1.807, 2.05) is 32.0 Å². The van der Waals surface area contributed by atoms with Crippen LogP contribution in [0.5, 0.6) is 0 Å². The van der Waals surface area contributed by atoms with Crippen molar-refractivity contribution in [3.8, 4) is 0 Å². The number of nitrogens with zero attached hydrogens (tertiary/aromatic N) is 2. The lowest BCUT2D eigenvalue weighted by molar-refractivity contribution is 0.102. The van der Waals surface area contributed by atoms with Crippen molar-refractivity contribution in [2.75, 3.05) is 5.32 Å². The molecule has 2 rings (SSSR count). The highest BCUT2D eigenvalue weighted by molar-refractivity contribution is 6.29. The normalized spacial score (nSPS) is 10.2. The van der Waals surface area contributed by atoms with Crippen LogP contribution in [0.1, 0.15) is 21.6 Å². The molecule has 0 bridgehead atoms. The van der Waals surface area contributed by atoms with Gasteiger partial charge in [-0.25, -0.2) is 0 Å². The molecule has 0 saturated carbocycles. The molecule has 4 nitrogen and oxygen atoms in total. The summed E-state index contributed by atoms with van der Waals surface area (Å²) in [6, 6.07) is 8.90. The minimum Gasteiger partial charge on any atom is -0.321 e. The number of aromatic nitrogens is 2.